The van der Waals surface area contributed by atoms with Gasteiger partial charge >= 0.3 is 0 Å². The number of anilines is 2. The molecule has 0 radical (unpaired) electrons. The van der Waals surface area contributed by atoms with Crippen LogP contribution in [0.1, 0.15) is 5.69 Å². The van der Waals surface area contributed by atoms with Crippen LogP contribution in [0.3, 0.4) is 0 Å². The van der Waals surface area contributed by atoms with Gasteiger partial charge in [0, 0.05) is 31.9 Å². The molecule has 0 atom stereocenters. The fraction of sp³-hybridized carbons (Fsp3) is 0.250. The predicted octanol–water partition coefficient (Wildman–Crippen LogP) is 1.66. The van der Waals surface area contributed by atoms with E-state index in [0.29, 0.717) is 0 Å². The molecule has 0 spiro atoms. The summed E-state index contributed by atoms with van der Waals surface area (Å²) in [4.78, 5) is 4.08. The number of nitrogens with zero attached hydrogens (tertiary/aromatic N) is 2. The molecule has 3 N–H and O–H groups in total. The maximum Gasteiger partial charge on any atom is 0.0945 e. The summed E-state index contributed by atoms with van der Waals surface area (Å²) >= 11 is 0. The quantitative estimate of drug-likeness (QED) is 0.764. The Labute approximate surface area is 95.1 Å². The first kappa shape index (κ1) is 10.5. The molecule has 0 bridgehead atoms. The molecule has 0 saturated heterocycles. The zero-order valence-corrected chi connectivity index (χ0v) is 9.35. The lowest BCUT2D eigenvalue weighted by Crippen LogP contribution is -2.08. The standard InChI is InChI=1S/C12H16N4/c1-16-9-14-8-10(16)6-7-15-12-5-3-2-4-11(12)13/h2-5,8-9,15H,6-7,13H2,1H3. The van der Waals surface area contributed by atoms with Gasteiger partial charge in [0.2, 0.25) is 0 Å². The Morgan fingerprint density at radius 2 is 2.19 bits per heavy atom. The van der Waals surface area contributed by atoms with Crippen molar-refractivity contribution in [3.05, 3.63) is 42.5 Å². The summed E-state index contributed by atoms with van der Waals surface area (Å²) in [7, 11) is 2.00. The highest BCUT2D eigenvalue weighted by Gasteiger charge is 1.99. The summed E-state index contributed by atoms with van der Waals surface area (Å²) in [5.74, 6) is 0. The molecule has 0 fully saturated rings. The van der Waals surface area contributed by atoms with Crippen LogP contribution in [0, 0.1) is 0 Å². The second kappa shape index (κ2) is 4.70. The van der Waals surface area contributed by atoms with E-state index in [1.54, 1.807) is 0 Å². The van der Waals surface area contributed by atoms with E-state index in [0.717, 1.165) is 24.3 Å². The fourth-order valence-electron chi connectivity index (χ4n) is 1.61. The van der Waals surface area contributed by atoms with Crippen molar-refractivity contribution in [2.45, 2.75) is 6.42 Å². The van der Waals surface area contributed by atoms with E-state index in [2.05, 4.69) is 10.3 Å². The third kappa shape index (κ3) is 2.34. The van der Waals surface area contributed by atoms with Gasteiger partial charge in [-0.25, -0.2) is 4.98 Å². The molecule has 4 nitrogen and oxygen atoms in total. The number of nitrogens with two attached hydrogens (primary N) is 1. The van der Waals surface area contributed by atoms with E-state index in [1.807, 2.05) is 48.4 Å². The zero-order chi connectivity index (χ0) is 11.4. The van der Waals surface area contributed by atoms with Gasteiger partial charge in [-0.2, -0.15) is 0 Å². The largest absolute Gasteiger partial charge is 0.397 e. The summed E-state index contributed by atoms with van der Waals surface area (Å²) in [6.45, 7) is 0.855. The Hall–Kier alpha value is -1.97. The van der Waals surface area contributed by atoms with Gasteiger partial charge in [-0.05, 0) is 12.1 Å². The van der Waals surface area contributed by atoms with Crippen molar-refractivity contribution in [1.82, 2.24) is 9.55 Å². The first-order chi connectivity index (χ1) is 7.77. The van der Waals surface area contributed by atoms with E-state index < -0.39 is 0 Å². The molecule has 0 saturated carbocycles. The fourth-order valence-corrected chi connectivity index (χ4v) is 1.61. The number of para-hydroxylation sites is 2. The molecule has 1 aromatic carbocycles. The molecule has 0 unspecified atom stereocenters. The Morgan fingerprint density at radius 1 is 1.38 bits per heavy atom. The number of rotatable bonds is 4. The summed E-state index contributed by atoms with van der Waals surface area (Å²) in [5.41, 5.74) is 8.82. The van der Waals surface area contributed by atoms with Gasteiger partial charge in [0.05, 0.1) is 17.7 Å². The van der Waals surface area contributed by atoms with Crippen LogP contribution in [0.15, 0.2) is 36.8 Å². The number of imidazole rings is 1. The molecule has 0 aliphatic rings. The SMILES string of the molecule is Cn1cncc1CCNc1ccccc1N. The number of hydrogen-bond acceptors (Lipinski definition) is 3. The van der Waals surface area contributed by atoms with Crippen molar-refractivity contribution in [2.75, 3.05) is 17.6 Å². The number of aromatic nitrogens is 2. The lowest BCUT2D eigenvalue weighted by molar-refractivity contribution is 0.816. The van der Waals surface area contributed by atoms with Gasteiger partial charge in [0.25, 0.3) is 0 Å². The molecule has 84 valence electrons. The molecule has 0 amide bonds. The van der Waals surface area contributed by atoms with Gasteiger partial charge in [-0.15, -0.1) is 0 Å². The third-order valence-electron chi connectivity index (χ3n) is 2.57. The topological polar surface area (TPSA) is 55.9 Å². The van der Waals surface area contributed by atoms with Crippen LogP contribution in [0.25, 0.3) is 0 Å². The van der Waals surface area contributed by atoms with Crippen molar-refractivity contribution in [1.29, 1.82) is 0 Å². The number of hydrogen-bond donors (Lipinski definition) is 2. The Bertz CT molecular complexity index is 462. The highest BCUT2D eigenvalue weighted by Crippen LogP contribution is 2.16. The predicted molar refractivity (Wildman–Crippen MR) is 66.3 cm³/mol. The van der Waals surface area contributed by atoms with Crippen LogP contribution < -0.4 is 11.1 Å². The zero-order valence-electron chi connectivity index (χ0n) is 9.35. The molecular weight excluding hydrogens is 200 g/mol. The molecule has 2 rings (SSSR count). The van der Waals surface area contributed by atoms with Crippen molar-refractivity contribution < 1.29 is 0 Å². The van der Waals surface area contributed by atoms with E-state index in [1.165, 1.54) is 5.69 Å². The molecule has 2 aromatic rings. The lowest BCUT2D eigenvalue weighted by Gasteiger charge is -2.08. The van der Waals surface area contributed by atoms with Gasteiger partial charge in [0.1, 0.15) is 0 Å². The van der Waals surface area contributed by atoms with Crippen molar-refractivity contribution in [2.24, 2.45) is 7.05 Å². The number of nitrogens with one attached hydrogen (secondary N) is 1. The van der Waals surface area contributed by atoms with E-state index in [4.69, 9.17) is 5.73 Å². The number of nitrogen functional groups attached to an aromatic ring is 1. The van der Waals surface area contributed by atoms with Crippen LogP contribution in [0.5, 0.6) is 0 Å². The Kier molecular flexibility index (Phi) is 3.10. The lowest BCUT2D eigenvalue weighted by atomic mass is 10.2. The first-order valence-electron chi connectivity index (χ1n) is 5.31. The highest BCUT2D eigenvalue weighted by molar-refractivity contribution is 5.65. The van der Waals surface area contributed by atoms with Crippen LogP contribution in [-0.2, 0) is 13.5 Å². The number of aryl methyl sites for hydroxylation is 1. The molecule has 1 aromatic heterocycles. The minimum atomic E-state index is 0.785. The monoisotopic (exact) mass is 216 g/mol. The second-order valence-electron chi connectivity index (χ2n) is 3.76. The second-order valence-corrected chi connectivity index (χ2v) is 3.76. The molecule has 4 heteroatoms. The minimum absolute atomic E-state index is 0.785. The Morgan fingerprint density at radius 3 is 2.88 bits per heavy atom. The van der Waals surface area contributed by atoms with E-state index in [-0.39, 0.29) is 0 Å². The minimum Gasteiger partial charge on any atom is -0.397 e. The normalized spacial score (nSPS) is 10.3. The van der Waals surface area contributed by atoms with E-state index >= 15 is 0 Å². The average Bonchev–Trinajstić information content (AvgIpc) is 2.67. The summed E-state index contributed by atoms with van der Waals surface area (Å²) in [6.07, 6.45) is 4.63. The third-order valence-corrected chi connectivity index (χ3v) is 2.57. The first-order valence-corrected chi connectivity index (χ1v) is 5.31. The van der Waals surface area contributed by atoms with Crippen LogP contribution in [0.4, 0.5) is 11.4 Å². The average molecular weight is 216 g/mol. The smallest absolute Gasteiger partial charge is 0.0945 e. The van der Waals surface area contributed by atoms with Gasteiger partial charge in [0.15, 0.2) is 0 Å². The van der Waals surface area contributed by atoms with Crippen molar-refractivity contribution in [3.8, 4) is 0 Å². The summed E-state index contributed by atoms with van der Waals surface area (Å²) < 4.78 is 2.02. The van der Waals surface area contributed by atoms with Gasteiger partial charge in [-0.3, -0.25) is 0 Å². The van der Waals surface area contributed by atoms with Crippen LogP contribution >= 0.6 is 0 Å². The molecular formula is C12H16N4. The summed E-state index contributed by atoms with van der Waals surface area (Å²) in [6, 6.07) is 7.79. The maximum atomic E-state index is 5.83. The number of benzene rings is 1. The van der Waals surface area contributed by atoms with Crippen molar-refractivity contribution >= 4 is 11.4 Å². The van der Waals surface area contributed by atoms with Crippen LogP contribution in [0.2, 0.25) is 0 Å². The van der Waals surface area contributed by atoms with Gasteiger partial charge in [-0.1, -0.05) is 12.1 Å². The molecule has 0 aliphatic heterocycles. The summed E-state index contributed by atoms with van der Waals surface area (Å²) in [5, 5.41) is 3.31. The van der Waals surface area contributed by atoms with Gasteiger partial charge < -0.3 is 15.6 Å². The molecule has 1 heterocycles. The maximum absolute atomic E-state index is 5.83. The van der Waals surface area contributed by atoms with Crippen LogP contribution in [-0.4, -0.2) is 16.1 Å². The Balaban J connectivity index is 1.89. The molecule has 16 heavy (non-hydrogen) atoms. The highest BCUT2D eigenvalue weighted by atomic mass is 15.0. The van der Waals surface area contributed by atoms with E-state index in [9.17, 15) is 0 Å². The molecule has 0 aliphatic carbocycles. The van der Waals surface area contributed by atoms with Crippen molar-refractivity contribution in [3.63, 3.8) is 0 Å².